The van der Waals surface area contributed by atoms with Crippen molar-refractivity contribution in [2.75, 3.05) is 5.32 Å². The molecule has 0 bridgehead atoms. The highest BCUT2D eigenvalue weighted by atomic mass is 35.5. The minimum absolute atomic E-state index is 0.170. The van der Waals surface area contributed by atoms with Gasteiger partial charge in [0.15, 0.2) is 5.65 Å². The van der Waals surface area contributed by atoms with E-state index in [-0.39, 0.29) is 18.4 Å². The third kappa shape index (κ3) is 4.11. The number of nitrogens with zero attached hydrogens (tertiary/aromatic N) is 5. The van der Waals surface area contributed by atoms with Gasteiger partial charge in [-0.15, -0.1) is 5.10 Å². The van der Waals surface area contributed by atoms with Gasteiger partial charge in [0.1, 0.15) is 11.6 Å². The summed E-state index contributed by atoms with van der Waals surface area (Å²) in [7, 11) is 0. The van der Waals surface area contributed by atoms with E-state index in [9.17, 15) is 0 Å². The van der Waals surface area contributed by atoms with Crippen molar-refractivity contribution in [1.82, 2.24) is 35.3 Å². The average Bonchev–Trinajstić information content (AvgIpc) is 3.63. The van der Waals surface area contributed by atoms with Crippen LogP contribution < -0.4 is 5.32 Å². The molecular weight excluding hydrogens is 471 g/mol. The predicted molar refractivity (Wildman–Crippen MR) is 129 cm³/mol. The molecule has 0 spiro atoms. The van der Waals surface area contributed by atoms with Crippen LogP contribution in [0.2, 0.25) is 5.02 Å². The molecule has 6 aromatic rings. The third-order valence-corrected chi connectivity index (χ3v) is 5.69. The van der Waals surface area contributed by atoms with Gasteiger partial charge in [-0.3, -0.25) is 5.10 Å². The molecule has 0 atom stereocenters. The fourth-order valence-corrected chi connectivity index (χ4v) is 3.92. The fraction of sp³-hybridized carbons (Fsp3) is 0.0417. The molecule has 2 aromatic carbocycles. The topological polar surface area (TPSA) is 121 Å². The minimum Gasteiger partial charge on any atom is -0.403 e. The van der Waals surface area contributed by atoms with Crippen molar-refractivity contribution >= 4 is 28.8 Å². The van der Waals surface area contributed by atoms with Gasteiger partial charge in [-0.1, -0.05) is 34.9 Å². The molecule has 0 unspecified atom stereocenters. The number of H-pyrrole nitrogens is 2. The Bertz CT molecular complexity index is 1640. The third-order valence-electron chi connectivity index (χ3n) is 5.45. The first-order valence-electron chi connectivity index (χ1n) is 10.6. The van der Waals surface area contributed by atoms with Crippen molar-refractivity contribution in [3.05, 3.63) is 83.5 Å². The van der Waals surface area contributed by atoms with Gasteiger partial charge >= 0.3 is 6.01 Å². The Labute approximate surface area is 202 Å². The van der Waals surface area contributed by atoms with Crippen LogP contribution in [0, 0.1) is 5.82 Å². The monoisotopic (exact) mass is 486 g/mol. The summed E-state index contributed by atoms with van der Waals surface area (Å²) in [4.78, 5) is 12.1. The standard InChI is InChI=1S/C24H16ClFN8O/c25-17-3-1-2-14(8-17)23-33-34-24(35-23)28-10-15-5-4-13(9-19(15)26)18-6-7-27-22-20(18)31-21(32-22)16-11-29-30-12-16/h1-9,11-12H,10H2,(H,28,34)(H,29,30)(H,27,31,32). The molecule has 4 heterocycles. The molecule has 6 rings (SSSR count). The second kappa shape index (κ2) is 8.65. The van der Waals surface area contributed by atoms with E-state index in [1.165, 1.54) is 6.07 Å². The summed E-state index contributed by atoms with van der Waals surface area (Å²) in [5, 5.41) is 18.2. The van der Waals surface area contributed by atoms with Gasteiger partial charge in [0.2, 0.25) is 5.89 Å². The quantitative estimate of drug-likeness (QED) is 0.285. The molecule has 0 radical (unpaired) electrons. The van der Waals surface area contributed by atoms with Gasteiger partial charge in [0.05, 0.1) is 17.3 Å². The Morgan fingerprint density at radius 2 is 1.97 bits per heavy atom. The van der Waals surface area contributed by atoms with Crippen molar-refractivity contribution in [1.29, 1.82) is 0 Å². The summed E-state index contributed by atoms with van der Waals surface area (Å²) in [5.41, 5.74) is 4.70. The van der Waals surface area contributed by atoms with Gasteiger partial charge in [-0.2, -0.15) is 5.10 Å². The molecule has 35 heavy (non-hydrogen) atoms. The van der Waals surface area contributed by atoms with Crippen molar-refractivity contribution in [3.63, 3.8) is 0 Å². The van der Waals surface area contributed by atoms with E-state index in [0.29, 0.717) is 44.6 Å². The van der Waals surface area contributed by atoms with Crippen LogP contribution in [-0.4, -0.2) is 35.3 Å². The maximum atomic E-state index is 15.0. The molecular formula is C24H16ClFN8O. The van der Waals surface area contributed by atoms with Gasteiger partial charge < -0.3 is 14.7 Å². The Morgan fingerprint density at radius 3 is 2.80 bits per heavy atom. The molecule has 0 aliphatic carbocycles. The van der Waals surface area contributed by atoms with Gasteiger partial charge in [-0.25, -0.2) is 14.4 Å². The summed E-state index contributed by atoms with van der Waals surface area (Å²) in [6.07, 6.45) is 5.05. The lowest BCUT2D eigenvalue weighted by Gasteiger charge is -2.07. The molecule has 0 aliphatic heterocycles. The van der Waals surface area contributed by atoms with Crippen molar-refractivity contribution in [2.24, 2.45) is 0 Å². The van der Waals surface area contributed by atoms with Crippen LogP contribution in [0.3, 0.4) is 0 Å². The zero-order valence-corrected chi connectivity index (χ0v) is 18.7. The number of hydrogen-bond acceptors (Lipinski definition) is 7. The summed E-state index contributed by atoms with van der Waals surface area (Å²) in [5.74, 6) is 0.581. The molecule has 0 fully saturated rings. The van der Waals surface area contributed by atoms with E-state index in [2.05, 4.69) is 40.7 Å². The van der Waals surface area contributed by atoms with E-state index in [4.69, 9.17) is 16.0 Å². The number of fused-ring (bicyclic) bond motifs is 1. The smallest absolute Gasteiger partial charge is 0.316 e. The van der Waals surface area contributed by atoms with Gasteiger partial charge in [0.25, 0.3) is 0 Å². The van der Waals surface area contributed by atoms with Crippen molar-refractivity contribution in [2.45, 2.75) is 6.54 Å². The van der Waals surface area contributed by atoms with Crippen LogP contribution >= 0.6 is 11.6 Å². The number of aromatic amines is 2. The van der Waals surface area contributed by atoms with Crippen LogP contribution in [0.25, 0.3) is 45.1 Å². The zero-order valence-electron chi connectivity index (χ0n) is 18.0. The highest BCUT2D eigenvalue weighted by Crippen LogP contribution is 2.30. The molecule has 4 aromatic heterocycles. The lowest BCUT2D eigenvalue weighted by molar-refractivity contribution is 0.576. The Hall–Kier alpha value is -4.57. The first kappa shape index (κ1) is 21.0. The highest BCUT2D eigenvalue weighted by molar-refractivity contribution is 6.30. The molecule has 11 heteroatoms. The lowest BCUT2D eigenvalue weighted by atomic mass is 10.0. The van der Waals surface area contributed by atoms with E-state index >= 15 is 4.39 Å². The number of aromatic nitrogens is 7. The number of anilines is 1. The summed E-state index contributed by atoms with van der Waals surface area (Å²) in [6.45, 7) is 0.170. The number of halogens is 2. The molecule has 9 nitrogen and oxygen atoms in total. The Morgan fingerprint density at radius 1 is 1.03 bits per heavy atom. The van der Waals surface area contributed by atoms with Crippen molar-refractivity contribution in [3.8, 4) is 34.0 Å². The fourth-order valence-electron chi connectivity index (χ4n) is 3.73. The minimum atomic E-state index is -0.371. The Balaban J connectivity index is 1.22. The average molecular weight is 487 g/mol. The lowest BCUT2D eigenvalue weighted by Crippen LogP contribution is -2.02. The number of benzene rings is 2. The van der Waals surface area contributed by atoms with Crippen LogP contribution in [0.5, 0.6) is 0 Å². The Kier molecular flexibility index (Phi) is 5.19. The van der Waals surface area contributed by atoms with E-state index in [0.717, 1.165) is 11.1 Å². The maximum Gasteiger partial charge on any atom is 0.316 e. The van der Waals surface area contributed by atoms with Crippen molar-refractivity contribution < 1.29 is 8.81 Å². The van der Waals surface area contributed by atoms with Crippen LogP contribution in [0.4, 0.5) is 10.4 Å². The highest BCUT2D eigenvalue weighted by Gasteiger charge is 2.14. The number of hydrogen-bond donors (Lipinski definition) is 3. The largest absolute Gasteiger partial charge is 0.403 e. The molecule has 172 valence electrons. The van der Waals surface area contributed by atoms with Gasteiger partial charge in [0, 0.05) is 40.7 Å². The maximum absolute atomic E-state index is 15.0. The molecule has 3 N–H and O–H groups in total. The normalized spacial score (nSPS) is 11.3. The first-order valence-corrected chi connectivity index (χ1v) is 11.0. The second-order valence-electron chi connectivity index (χ2n) is 7.71. The molecule has 0 saturated heterocycles. The van der Waals surface area contributed by atoms with E-state index < -0.39 is 0 Å². The molecule has 0 aliphatic rings. The van der Waals surface area contributed by atoms with E-state index in [1.807, 2.05) is 18.2 Å². The number of nitrogens with one attached hydrogen (secondary N) is 3. The number of imidazole rings is 1. The predicted octanol–water partition coefficient (Wildman–Crippen LogP) is 5.47. The SMILES string of the molecule is Fc1cc(-c2ccnc3nc(-c4cn[nH]c4)[nH]c23)ccc1CNc1nnc(-c2cccc(Cl)c2)o1. The number of pyridine rings is 1. The van der Waals surface area contributed by atoms with Crippen LogP contribution in [-0.2, 0) is 6.54 Å². The summed E-state index contributed by atoms with van der Waals surface area (Å²) >= 11 is 6.01. The first-order chi connectivity index (χ1) is 17.1. The van der Waals surface area contributed by atoms with Gasteiger partial charge in [-0.05, 0) is 35.9 Å². The summed E-state index contributed by atoms with van der Waals surface area (Å²) < 4.78 is 20.6. The van der Waals surface area contributed by atoms with Crippen LogP contribution in [0.1, 0.15) is 5.56 Å². The molecule has 0 saturated carbocycles. The van der Waals surface area contributed by atoms with E-state index in [1.54, 1.807) is 42.9 Å². The number of rotatable bonds is 6. The second-order valence-corrected chi connectivity index (χ2v) is 8.15. The van der Waals surface area contributed by atoms with Crippen LogP contribution in [0.15, 0.2) is 71.5 Å². The molecule has 0 amide bonds. The summed E-state index contributed by atoms with van der Waals surface area (Å²) in [6, 6.07) is 14.1. The zero-order chi connectivity index (χ0) is 23.8.